The number of hydrogen-bond donors (Lipinski definition) is 2. The topological polar surface area (TPSA) is 76.0 Å². The number of aliphatic hydroxyl groups excluding tert-OH is 2. The lowest BCUT2D eigenvalue weighted by Gasteiger charge is -2.26. The van der Waals surface area contributed by atoms with E-state index in [0.29, 0.717) is 0 Å². The molecule has 0 aliphatic heterocycles. The second kappa shape index (κ2) is 6.61. The molecule has 1 unspecified atom stereocenters. The van der Waals surface area contributed by atoms with Crippen LogP contribution in [0.25, 0.3) is 0 Å². The van der Waals surface area contributed by atoms with Crippen LogP contribution in [0.3, 0.4) is 0 Å². The van der Waals surface area contributed by atoms with Crippen LogP contribution in [-0.4, -0.2) is 41.8 Å². The van der Waals surface area contributed by atoms with Crippen molar-refractivity contribution in [1.29, 1.82) is 0 Å². The van der Waals surface area contributed by atoms with Gasteiger partial charge in [0.1, 0.15) is 0 Å². The Morgan fingerprint density at radius 1 is 1.31 bits per heavy atom. The van der Waals surface area contributed by atoms with Crippen LogP contribution < -0.4 is 0 Å². The zero-order valence-electron chi connectivity index (χ0n) is 9.23. The Labute approximate surface area is 92.9 Å². The lowest BCUT2D eigenvalue weighted by molar-refractivity contribution is -0.0212. The Morgan fingerprint density at radius 3 is 2.06 bits per heavy atom. The quantitative estimate of drug-likeness (QED) is 0.649. The summed E-state index contributed by atoms with van der Waals surface area (Å²) in [5.74, 6) is 0. The van der Waals surface area contributed by atoms with Crippen LogP contribution in [0.4, 0.5) is 8.78 Å². The highest BCUT2D eigenvalue weighted by Crippen LogP contribution is 2.63. The number of aliphatic hydroxyl groups is 2. The SMILES string of the molecule is CCOP(=O)(OCC)C(F)(F)CC(O)CO. The molecular formula is C8H17F2O5P. The highest BCUT2D eigenvalue weighted by Gasteiger charge is 2.54. The van der Waals surface area contributed by atoms with Crippen molar-refractivity contribution in [1.82, 2.24) is 0 Å². The van der Waals surface area contributed by atoms with E-state index in [1.54, 1.807) is 0 Å². The van der Waals surface area contributed by atoms with Gasteiger partial charge in [-0.15, -0.1) is 0 Å². The number of halogens is 2. The van der Waals surface area contributed by atoms with Crippen LogP contribution in [0.15, 0.2) is 0 Å². The molecule has 1 atom stereocenters. The van der Waals surface area contributed by atoms with Gasteiger partial charge in [0.05, 0.1) is 32.3 Å². The molecule has 2 N–H and O–H groups in total. The minimum absolute atomic E-state index is 0.192. The van der Waals surface area contributed by atoms with Crippen molar-refractivity contribution in [2.24, 2.45) is 0 Å². The van der Waals surface area contributed by atoms with Crippen LogP contribution in [0.1, 0.15) is 20.3 Å². The van der Waals surface area contributed by atoms with Crippen LogP contribution in [-0.2, 0) is 13.6 Å². The molecule has 0 saturated carbocycles. The van der Waals surface area contributed by atoms with Crippen molar-refractivity contribution in [2.45, 2.75) is 32.0 Å². The maximum atomic E-state index is 13.5. The first-order valence-corrected chi connectivity index (χ1v) is 6.43. The molecule has 0 aromatic heterocycles. The third kappa shape index (κ3) is 4.07. The van der Waals surface area contributed by atoms with Gasteiger partial charge in [0.15, 0.2) is 0 Å². The average Bonchev–Trinajstić information content (AvgIpc) is 2.17. The molecule has 0 saturated heterocycles. The summed E-state index contributed by atoms with van der Waals surface area (Å²) in [6, 6.07) is 0. The summed E-state index contributed by atoms with van der Waals surface area (Å²) in [5, 5.41) is 17.4. The summed E-state index contributed by atoms with van der Waals surface area (Å²) in [5.41, 5.74) is -3.82. The highest BCUT2D eigenvalue weighted by molar-refractivity contribution is 7.55. The molecule has 0 aromatic rings. The monoisotopic (exact) mass is 262 g/mol. The van der Waals surface area contributed by atoms with Crippen LogP contribution in [0.5, 0.6) is 0 Å². The lowest BCUT2D eigenvalue weighted by Crippen LogP contribution is -2.28. The third-order valence-electron chi connectivity index (χ3n) is 1.69. The largest absolute Gasteiger partial charge is 0.399 e. The molecule has 8 heteroatoms. The van der Waals surface area contributed by atoms with Gasteiger partial charge < -0.3 is 19.3 Å². The van der Waals surface area contributed by atoms with Crippen LogP contribution >= 0.6 is 7.60 Å². The highest BCUT2D eigenvalue weighted by atomic mass is 31.2. The zero-order valence-corrected chi connectivity index (χ0v) is 10.1. The fourth-order valence-electron chi connectivity index (χ4n) is 1.03. The summed E-state index contributed by atoms with van der Waals surface area (Å²) < 4.78 is 47.6. The van der Waals surface area contributed by atoms with Crippen molar-refractivity contribution in [2.75, 3.05) is 19.8 Å². The van der Waals surface area contributed by atoms with Gasteiger partial charge in [0.25, 0.3) is 0 Å². The minimum Gasteiger partial charge on any atom is -0.394 e. The molecule has 0 heterocycles. The number of alkyl halides is 2. The summed E-state index contributed by atoms with van der Waals surface area (Å²) in [4.78, 5) is 0. The van der Waals surface area contributed by atoms with E-state index in [4.69, 9.17) is 10.2 Å². The van der Waals surface area contributed by atoms with Gasteiger partial charge >= 0.3 is 13.3 Å². The van der Waals surface area contributed by atoms with Crippen molar-refractivity contribution in [3.63, 3.8) is 0 Å². The number of rotatable bonds is 8. The molecule has 0 rings (SSSR count). The van der Waals surface area contributed by atoms with E-state index in [-0.39, 0.29) is 13.2 Å². The molecule has 0 bridgehead atoms. The second-order valence-electron chi connectivity index (χ2n) is 3.04. The van der Waals surface area contributed by atoms with Crippen molar-refractivity contribution in [3.05, 3.63) is 0 Å². The fraction of sp³-hybridized carbons (Fsp3) is 1.00. The second-order valence-corrected chi connectivity index (χ2v) is 5.20. The molecule has 0 radical (unpaired) electrons. The first-order chi connectivity index (χ1) is 7.33. The summed E-state index contributed by atoms with van der Waals surface area (Å²) in [7, 11) is -4.59. The van der Waals surface area contributed by atoms with E-state index in [2.05, 4.69) is 9.05 Å². The Hall–Kier alpha value is -0.0700. The van der Waals surface area contributed by atoms with E-state index in [0.717, 1.165) is 0 Å². The number of hydrogen-bond acceptors (Lipinski definition) is 5. The lowest BCUT2D eigenvalue weighted by atomic mass is 10.3. The summed E-state index contributed by atoms with van der Waals surface area (Å²) >= 11 is 0. The molecule has 0 aliphatic carbocycles. The van der Waals surface area contributed by atoms with Crippen molar-refractivity contribution >= 4 is 7.60 Å². The molecule has 0 amide bonds. The Bertz CT molecular complexity index is 239. The van der Waals surface area contributed by atoms with E-state index >= 15 is 0 Å². The Kier molecular flexibility index (Phi) is 6.58. The van der Waals surface area contributed by atoms with Gasteiger partial charge in [-0.05, 0) is 13.8 Å². The van der Waals surface area contributed by atoms with E-state index in [9.17, 15) is 13.3 Å². The normalized spacial score (nSPS) is 15.1. The summed E-state index contributed by atoms with van der Waals surface area (Å²) in [6.45, 7) is 1.59. The first-order valence-electron chi connectivity index (χ1n) is 4.89. The van der Waals surface area contributed by atoms with E-state index in [1.807, 2.05) is 0 Å². The van der Waals surface area contributed by atoms with E-state index < -0.39 is 32.4 Å². The molecule has 5 nitrogen and oxygen atoms in total. The molecule has 98 valence electrons. The van der Waals surface area contributed by atoms with Gasteiger partial charge in [-0.3, -0.25) is 4.57 Å². The van der Waals surface area contributed by atoms with Crippen LogP contribution in [0, 0.1) is 0 Å². The Balaban J connectivity index is 4.81. The molecule has 16 heavy (non-hydrogen) atoms. The van der Waals surface area contributed by atoms with E-state index in [1.165, 1.54) is 13.8 Å². The average molecular weight is 262 g/mol. The fourth-order valence-corrected chi connectivity index (χ4v) is 2.59. The predicted octanol–water partition coefficient (Wildman–Crippen LogP) is 1.59. The van der Waals surface area contributed by atoms with Gasteiger partial charge in [0.2, 0.25) is 0 Å². The van der Waals surface area contributed by atoms with Gasteiger partial charge in [0, 0.05) is 0 Å². The minimum atomic E-state index is -4.59. The standard InChI is InChI=1S/C8H17F2O5P/c1-3-14-16(13,15-4-2)8(9,10)5-7(12)6-11/h7,11-12H,3-6H2,1-2H3. The first kappa shape index (κ1) is 15.9. The Morgan fingerprint density at radius 2 is 1.75 bits per heavy atom. The smallest absolute Gasteiger partial charge is 0.394 e. The molecule has 0 aliphatic rings. The predicted molar refractivity (Wildman–Crippen MR) is 53.5 cm³/mol. The third-order valence-corrected chi connectivity index (χ3v) is 3.87. The molecule has 0 spiro atoms. The molecule has 0 fully saturated rings. The molecule has 0 aromatic carbocycles. The van der Waals surface area contributed by atoms with Gasteiger partial charge in [-0.2, -0.15) is 8.78 Å². The van der Waals surface area contributed by atoms with Crippen molar-refractivity contribution < 1.29 is 32.6 Å². The maximum absolute atomic E-state index is 13.5. The molecular weight excluding hydrogens is 245 g/mol. The van der Waals surface area contributed by atoms with Gasteiger partial charge in [-0.1, -0.05) is 0 Å². The van der Waals surface area contributed by atoms with Crippen LogP contribution in [0.2, 0.25) is 0 Å². The zero-order chi connectivity index (χ0) is 12.8. The van der Waals surface area contributed by atoms with Crippen molar-refractivity contribution in [3.8, 4) is 0 Å². The maximum Gasteiger partial charge on any atom is 0.399 e. The van der Waals surface area contributed by atoms with Gasteiger partial charge in [-0.25, -0.2) is 0 Å². The summed E-state index contributed by atoms with van der Waals surface area (Å²) in [6.07, 6.45) is -2.83.